The molecule has 3 heterocycles. The van der Waals surface area contributed by atoms with Crippen molar-refractivity contribution in [2.24, 2.45) is 0 Å². The van der Waals surface area contributed by atoms with Crippen LogP contribution in [-0.2, 0) is 17.9 Å². The molecule has 1 aliphatic rings. The Bertz CT molecular complexity index is 1080. The van der Waals surface area contributed by atoms with Crippen molar-refractivity contribution >= 4 is 17.5 Å². The van der Waals surface area contributed by atoms with Crippen LogP contribution < -0.4 is 5.32 Å². The zero-order valence-corrected chi connectivity index (χ0v) is 17.4. The molecular formula is C21H22FN5O5. The summed E-state index contributed by atoms with van der Waals surface area (Å²) in [5.74, 6) is -0.360. The number of aromatic nitrogens is 2. The molecule has 0 saturated carbocycles. The molecule has 1 N–H and O–H groups in total. The van der Waals surface area contributed by atoms with Gasteiger partial charge in [0.25, 0.3) is 11.8 Å². The summed E-state index contributed by atoms with van der Waals surface area (Å²) in [4.78, 5) is 33.5. The van der Waals surface area contributed by atoms with E-state index in [4.69, 9.17) is 13.7 Å². The maximum absolute atomic E-state index is 13.8. The average molecular weight is 443 g/mol. The van der Waals surface area contributed by atoms with Crippen molar-refractivity contribution in [3.63, 3.8) is 0 Å². The third kappa shape index (κ3) is 5.01. The number of nitrogens with zero attached hydrogens (tertiary/aromatic N) is 4. The number of hydrogen-bond acceptors (Lipinski definition) is 8. The number of rotatable bonds is 7. The van der Waals surface area contributed by atoms with Crippen LogP contribution >= 0.6 is 0 Å². The second-order valence-electron chi connectivity index (χ2n) is 7.26. The number of methoxy groups -OCH3 is 1. The lowest BCUT2D eigenvalue weighted by Gasteiger charge is -2.34. The van der Waals surface area contributed by atoms with Gasteiger partial charge in [0.2, 0.25) is 5.89 Å². The van der Waals surface area contributed by atoms with E-state index in [2.05, 4.69) is 20.4 Å². The first-order chi connectivity index (χ1) is 15.5. The Kier molecular flexibility index (Phi) is 6.57. The van der Waals surface area contributed by atoms with Crippen LogP contribution in [0.4, 0.5) is 10.1 Å². The van der Waals surface area contributed by atoms with Crippen molar-refractivity contribution < 1.29 is 27.7 Å². The molecule has 1 saturated heterocycles. The Morgan fingerprint density at radius 2 is 2.03 bits per heavy atom. The fourth-order valence-electron chi connectivity index (χ4n) is 3.41. The number of hydrogen-bond donors (Lipinski definition) is 1. The monoisotopic (exact) mass is 443 g/mol. The van der Waals surface area contributed by atoms with Gasteiger partial charge in [-0.1, -0.05) is 5.16 Å². The zero-order valence-electron chi connectivity index (χ0n) is 17.4. The molecule has 2 amide bonds. The Hall–Kier alpha value is -3.57. The molecule has 0 atom stereocenters. The predicted octanol–water partition coefficient (Wildman–Crippen LogP) is 2.16. The Morgan fingerprint density at radius 3 is 2.75 bits per heavy atom. The normalized spacial score (nSPS) is 14.5. The van der Waals surface area contributed by atoms with E-state index in [9.17, 15) is 14.0 Å². The number of piperazine rings is 1. The molecule has 3 aromatic rings. The molecule has 0 bridgehead atoms. The van der Waals surface area contributed by atoms with Crippen molar-refractivity contribution in [1.82, 2.24) is 19.9 Å². The lowest BCUT2D eigenvalue weighted by Crippen LogP contribution is -2.48. The van der Waals surface area contributed by atoms with Crippen LogP contribution in [0.1, 0.15) is 32.4 Å². The lowest BCUT2D eigenvalue weighted by molar-refractivity contribution is 0.0616. The van der Waals surface area contributed by atoms with Crippen molar-refractivity contribution in [1.29, 1.82) is 0 Å². The molecule has 1 aliphatic heterocycles. The van der Waals surface area contributed by atoms with Crippen molar-refractivity contribution in [2.75, 3.05) is 38.6 Å². The van der Waals surface area contributed by atoms with Gasteiger partial charge >= 0.3 is 0 Å². The smallest absolute Gasteiger partial charge is 0.258 e. The Morgan fingerprint density at radius 1 is 1.22 bits per heavy atom. The summed E-state index contributed by atoms with van der Waals surface area (Å²) >= 11 is 0. The van der Waals surface area contributed by atoms with Gasteiger partial charge in [-0.25, -0.2) is 4.39 Å². The second kappa shape index (κ2) is 9.71. The Balaban J connectivity index is 1.39. The van der Waals surface area contributed by atoms with Crippen LogP contribution in [0.25, 0.3) is 0 Å². The highest BCUT2D eigenvalue weighted by Gasteiger charge is 2.26. The minimum atomic E-state index is -0.554. The summed E-state index contributed by atoms with van der Waals surface area (Å²) < 4.78 is 28.9. The zero-order chi connectivity index (χ0) is 22.5. The molecule has 4 rings (SSSR count). The number of furan rings is 1. The van der Waals surface area contributed by atoms with Gasteiger partial charge in [-0.3, -0.25) is 14.5 Å². The summed E-state index contributed by atoms with van der Waals surface area (Å²) in [6, 6.07) is 5.20. The van der Waals surface area contributed by atoms with E-state index in [-0.39, 0.29) is 29.3 Å². The van der Waals surface area contributed by atoms with E-state index in [1.54, 1.807) is 12.0 Å². The van der Waals surface area contributed by atoms with E-state index >= 15 is 0 Å². The van der Waals surface area contributed by atoms with Crippen molar-refractivity contribution in [2.45, 2.75) is 13.2 Å². The molecule has 1 aromatic carbocycles. The van der Waals surface area contributed by atoms with Gasteiger partial charge < -0.3 is 23.9 Å². The van der Waals surface area contributed by atoms with Crippen molar-refractivity contribution in [3.8, 4) is 0 Å². The van der Waals surface area contributed by atoms with Crippen LogP contribution in [-0.4, -0.2) is 65.0 Å². The number of halogens is 1. The minimum absolute atomic E-state index is 0.111. The first-order valence-electron chi connectivity index (χ1n) is 9.98. The molecule has 11 heteroatoms. The fourth-order valence-corrected chi connectivity index (χ4v) is 3.41. The number of benzene rings is 1. The van der Waals surface area contributed by atoms with Crippen LogP contribution in [0.3, 0.4) is 0 Å². The number of anilines is 1. The molecule has 0 spiro atoms. The Labute approximate surface area is 182 Å². The predicted molar refractivity (Wildman–Crippen MR) is 109 cm³/mol. The van der Waals surface area contributed by atoms with Gasteiger partial charge in [0.05, 0.1) is 29.6 Å². The fraction of sp³-hybridized carbons (Fsp3) is 0.333. The van der Waals surface area contributed by atoms with Crippen LogP contribution in [0.2, 0.25) is 0 Å². The van der Waals surface area contributed by atoms with Gasteiger partial charge in [0.1, 0.15) is 18.7 Å². The standard InChI is InChI=1S/C21H22FN5O5/c1-30-13-18-24-19(32-25-18)11-26-5-7-27(8-6-26)21(29)16-3-2-15(22)10-17(16)23-20(28)14-4-9-31-12-14/h2-4,9-10,12H,5-8,11,13H2,1H3,(H,23,28). The van der Waals surface area contributed by atoms with Gasteiger partial charge in [-0.2, -0.15) is 4.98 Å². The quantitative estimate of drug-likeness (QED) is 0.591. The summed E-state index contributed by atoms with van der Waals surface area (Å²) in [7, 11) is 1.56. The van der Waals surface area contributed by atoms with Crippen LogP contribution in [0.5, 0.6) is 0 Å². The van der Waals surface area contributed by atoms with E-state index < -0.39 is 11.7 Å². The number of carbonyl (C=O) groups is 2. The third-order valence-electron chi connectivity index (χ3n) is 5.05. The minimum Gasteiger partial charge on any atom is -0.472 e. The summed E-state index contributed by atoms with van der Waals surface area (Å²) in [6.45, 7) is 2.89. The van der Waals surface area contributed by atoms with Gasteiger partial charge in [0, 0.05) is 33.3 Å². The third-order valence-corrected chi connectivity index (χ3v) is 5.05. The first kappa shape index (κ1) is 21.7. The molecular weight excluding hydrogens is 421 g/mol. The van der Waals surface area contributed by atoms with Crippen LogP contribution in [0.15, 0.2) is 45.7 Å². The topological polar surface area (TPSA) is 114 Å². The summed E-state index contributed by atoms with van der Waals surface area (Å²) in [5.41, 5.74) is 0.605. The van der Waals surface area contributed by atoms with E-state index in [1.165, 1.54) is 30.7 Å². The highest BCUT2D eigenvalue weighted by molar-refractivity contribution is 6.08. The highest BCUT2D eigenvalue weighted by atomic mass is 19.1. The first-order valence-corrected chi connectivity index (χ1v) is 9.98. The van der Waals surface area contributed by atoms with Crippen molar-refractivity contribution in [3.05, 3.63) is 65.5 Å². The molecule has 2 aromatic heterocycles. The average Bonchev–Trinajstić information content (AvgIpc) is 3.47. The van der Waals surface area contributed by atoms with Gasteiger partial charge in [0.15, 0.2) is 5.82 Å². The largest absolute Gasteiger partial charge is 0.472 e. The second-order valence-corrected chi connectivity index (χ2v) is 7.26. The molecule has 0 radical (unpaired) electrons. The highest BCUT2D eigenvalue weighted by Crippen LogP contribution is 2.21. The lowest BCUT2D eigenvalue weighted by atomic mass is 10.1. The number of carbonyl (C=O) groups excluding carboxylic acids is 2. The maximum atomic E-state index is 13.8. The molecule has 10 nitrogen and oxygen atoms in total. The summed E-state index contributed by atoms with van der Waals surface area (Å²) in [5, 5.41) is 6.43. The summed E-state index contributed by atoms with van der Waals surface area (Å²) in [6.07, 6.45) is 2.63. The molecule has 168 valence electrons. The van der Waals surface area contributed by atoms with Crippen LogP contribution in [0, 0.1) is 5.82 Å². The number of ether oxygens (including phenoxy) is 1. The molecule has 0 aliphatic carbocycles. The molecule has 32 heavy (non-hydrogen) atoms. The molecule has 1 fully saturated rings. The number of amides is 2. The van der Waals surface area contributed by atoms with E-state index in [1.807, 2.05) is 0 Å². The van der Waals surface area contributed by atoms with E-state index in [0.717, 1.165) is 6.07 Å². The molecule has 0 unspecified atom stereocenters. The number of nitrogens with one attached hydrogen (secondary N) is 1. The maximum Gasteiger partial charge on any atom is 0.258 e. The van der Waals surface area contributed by atoms with Gasteiger partial charge in [-0.15, -0.1) is 0 Å². The van der Waals surface area contributed by atoms with E-state index in [0.29, 0.717) is 44.4 Å². The SMILES string of the molecule is COCc1noc(CN2CCN(C(=O)c3ccc(F)cc3NC(=O)c3ccoc3)CC2)n1. The van der Waals surface area contributed by atoms with Gasteiger partial charge in [-0.05, 0) is 24.3 Å².